The Morgan fingerprint density at radius 2 is 1.79 bits per heavy atom. The van der Waals surface area contributed by atoms with Gasteiger partial charge in [0.1, 0.15) is 0 Å². The van der Waals surface area contributed by atoms with E-state index in [2.05, 4.69) is 37.2 Å². The molecule has 0 radical (unpaired) electrons. The molecule has 0 saturated carbocycles. The third kappa shape index (κ3) is 3.96. The molecule has 0 aliphatic rings. The fourth-order valence-electron chi connectivity index (χ4n) is 1.46. The number of rotatable bonds is 2. The van der Waals surface area contributed by atoms with Gasteiger partial charge in [-0.2, -0.15) is 0 Å². The fraction of sp³-hybridized carbons (Fsp3) is 0. The molecular weight excluding hydrogens is 417 g/mol. The van der Waals surface area contributed by atoms with E-state index in [1.54, 1.807) is 36.4 Å². The molecule has 0 spiro atoms. The van der Waals surface area contributed by atoms with Crippen molar-refractivity contribution in [1.82, 2.24) is 0 Å². The van der Waals surface area contributed by atoms with Crippen LogP contribution in [-0.2, 0) is 0 Å². The van der Waals surface area contributed by atoms with Crippen LogP contribution in [0.3, 0.4) is 0 Å². The van der Waals surface area contributed by atoms with Gasteiger partial charge in [-0.05, 0) is 52.3 Å². The number of hydrogen-bond acceptors (Lipinski definition) is 1. The summed E-state index contributed by atoms with van der Waals surface area (Å²) in [6, 6.07) is 10.2. The quantitative estimate of drug-likeness (QED) is 0.652. The highest BCUT2D eigenvalue weighted by Crippen LogP contribution is 2.26. The number of benzene rings is 2. The first-order valence-corrected chi connectivity index (χ1v) is 7.52. The van der Waals surface area contributed by atoms with Crippen LogP contribution in [0, 0.1) is 0 Å². The summed E-state index contributed by atoms with van der Waals surface area (Å²) in [5.74, 6) is -0.249. The molecule has 0 aromatic heterocycles. The summed E-state index contributed by atoms with van der Waals surface area (Å²) in [5.41, 5.74) is 1.09. The van der Waals surface area contributed by atoms with E-state index in [4.69, 9.17) is 23.2 Å². The largest absolute Gasteiger partial charge is 0.322 e. The highest BCUT2D eigenvalue weighted by atomic mass is 79.9. The van der Waals surface area contributed by atoms with E-state index in [9.17, 15) is 4.79 Å². The van der Waals surface area contributed by atoms with E-state index >= 15 is 0 Å². The second kappa shape index (κ2) is 6.27. The van der Waals surface area contributed by atoms with Crippen molar-refractivity contribution in [2.75, 3.05) is 5.32 Å². The van der Waals surface area contributed by atoms with E-state index in [1.807, 2.05) is 0 Å². The van der Waals surface area contributed by atoms with E-state index in [0.717, 1.165) is 8.95 Å². The summed E-state index contributed by atoms with van der Waals surface area (Å²) in [5, 5.41) is 3.78. The molecule has 0 bridgehead atoms. The lowest BCUT2D eigenvalue weighted by Crippen LogP contribution is -2.11. The van der Waals surface area contributed by atoms with E-state index in [0.29, 0.717) is 21.3 Å². The second-order valence-corrected chi connectivity index (χ2v) is 6.35. The van der Waals surface area contributed by atoms with Gasteiger partial charge < -0.3 is 5.32 Å². The first-order valence-electron chi connectivity index (χ1n) is 5.18. The minimum absolute atomic E-state index is 0.249. The summed E-state index contributed by atoms with van der Waals surface area (Å²) in [4.78, 5) is 12.1. The van der Waals surface area contributed by atoms with Gasteiger partial charge in [0.05, 0.1) is 5.02 Å². The number of hydrogen-bond donors (Lipinski definition) is 1. The first-order chi connectivity index (χ1) is 8.95. The van der Waals surface area contributed by atoms with Crippen LogP contribution < -0.4 is 5.32 Å². The molecule has 1 amide bonds. The van der Waals surface area contributed by atoms with Crippen LogP contribution in [0.4, 0.5) is 5.69 Å². The Kier molecular flexibility index (Phi) is 4.90. The molecule has 1 N–H and O–H groups in total. The van der Waals surface area contributed by atoms with Crippen molar-refractivity contribution < 1.29 is 4.79 Å². The average Bonchev–Trinajstić information content (AvgIpc) is 2.32. The van der Waals surface area contributed by atoms with Crippen LogP contribution in [0.25, 0.3) is 0 Å². The van der Waals surface area contributed by atoms with Crippen molar-refractivity contribution in [3.63, 3.8) is 0 Å². The van der Waals surface area contributed by atoms with Crippen molar-refractivity contribution >= 4 is 66.7 Å². The number of nitrogens with one attached hydrogen (secondary N) is 1. The Morgan fingerprint density at radius 3 is 2.42 bits per heavy atom. The minimum Gasteiger partial charge on any atom is -0.322 e. The fourth-order valence-corrected chi connectivity index (χ4v) is 2.75. The molecule has 2 aromatic carbocycles. The number of carbonyl (C=O) groups is 1. The Labute approximate surface area is 137 Å². The van der Waals surface area contributed by atoms with Crippen LogP contribution in [0.2, 0.25) is 10.0 Å². The Hall–Kier alpha value is -0.550. The molecular formula is C13H7Br2Cl2NO. The molecule has 0 heterocycles. The number of anilines is 1. The summed E-state index contributed by atoms with van der Waals surface area (Å²) in [6.45, 7) is 0. The standard InChI is InChI=1S/C13H7Br2Cl2NO/c14-8-3-7(4-9(16)5-8)13(19)18-10-1-2-11(15)12(17)6-10/h1-6H,(H,18,19). The molecule has 0 aliphatic heterocycles. The lowest BCUT2D eigenvalue weighted by molar-refractivity contribution is 0.102. The Morgan fingerprint density at radius 1 is 1.05 bits per heavy atom. The van der Waals surface area contributed by atoms with Crippen molar-refractivity contribution in [2.45, 2.75) is 0 Å². The predicted octanol–water partition coefficient (Wildman–Crippen LogP) is 5.77. The highest BCUT2D eigenvalue weighted by molar-refractivity contribution is 9.10. The third-order valence-corrected chi connectivity index (χ3v) is 4.21. The number of carbonyl (C=O) groups excluding carboxylic acids is 1. The minimum atomic E-state index is -0.249. The molecule has 6 heteroatoms. The summed E-state index contributed by atoms with van der Waals surface area (Å²) < 4.78 is 1.52. The SMILES string of the molecule is O=C(Nc1ccc(Br)c(Cl)c1)c1cc(Cl)cc(Br)c1. The maximum atomic E-state index is 12.1. The van der Waals surface area contributed by atoms with Crippen molar-refractivity contribution in [2.24, 2.45) is 0 Å². The topological polar surface area (TPSA) is 29.1 Å². The van der Waals surface area contributed by atoms with Gasteiger partial charge in [0.25, 0.3) is 5.91 Å². The molecule has 0 unspecified atom stereocenters. The van der Waals surface area contributed by atoms with Gasteiger partial charge >= 0.3 is 0 Å². The molecule has 0 aliphatic carbocycles. The van der Waals surface area contributed by atoms with Crippen molar-refractivity contribution in [3.8, 4) is 0 Å². The lowest BCUT2D eigenvalue weighted by Gasteiger charge is -2.07. The Bertz CT molecular complexity index is 626. The second-order valence-electron chi connectivity index (χ2n) is 3.74. The average molecular weight is 424 g/mol. The lowest BCUT2D eigenvalue weighted by atomic mass is 10.2. The molecule has 0 saturated heterocycles. The molecule has 0 fully saturated rings. The van der Waals surface area contributed by atoms with Gasteiger partial charge in [-0.3, -0.25) is 4.79 Å². The van der Waals surface area contributed by atoms with Gasteiger partial charge in [0.2, 0.25) is 0 Å². The van der Waals surface area contributed by atoms with Gasteiger partial charge in [0, 0.05) is 25.2 Å². The summed E-state index contributed by atoms with van der Waals surface area (Å²) in [7, 11) is 0. The van der Waals surface area contributed by atoms with Crippen molar-refractivity contribution in [1.29, 1.82) is 0 Å². The smallest absolute Gasteiger partial charge is 0.255 e. The van der Waals surface area contributed by atoms with Crippen LogP contribution in [-0.4, -0.2) is 5.91 Å². The Balaban J connectivity index is 2.22. The zero-order valence-corrected chi connectivity index (χ0v) is 14.1. The predicted molar refractivity (Wildman–Crippen MR) is 86.3 cm³/mol. The van der Waals surface area contributed by atoms with Gasteiger partial charge in [-0.25, -0.2) is 0 Å². The molecule has 2 nitrogen and oxygen atoms in total. The van der Waals surface area contributed by atoms with Crippen LogP contribution in [0.5, 0.6) is 0 Å². The zero-order valence-electron chi connectivity index (χ0n) is 9.38. The third-order valence-electron chi connectivity index (χ3n) is 2.30. The van der Waals surface area contributed by atoms with Gasteiger partial charge in [0.15, 0.2) is 0 Å². The van der Waals surface area contributed by atoms with Gasteiger partial charge in [-0.15, -0.1) is 0 Å². The molecule has 2 aromatic rings. The summed E-state index contributed by atoms with van der Waals surface area (Å²) in [6.07, 6.45) is 0. The summed E-state index contributed by atoms with van der Waals surface area (Å²) >= 11 is 18.5. The zero-order chi connectivity index (χ0) is 14.0. The van der Waals surface area contributed by atoms with E-state index in [-0.39, 0.29) is 5.91 Å². The maximum Gasteiger partial charge on any atom is 0.255 e. The number of halogens is 4. The maximum absolute atomic E-state index is 12.1. The van der Waals surface area contributed by atoms with E-state index < -0.39 is 0 Å². The normalized spacial score (nSPS) is 10.3. The molecule has 98 valence electrons. The number of amides is 1. The first kappa shape index (κ1) is 14.9. The van der Waals surface area contributed by atoms with E-state index in [1.165, 1.54) is 0 Å². The monoisotopic (exact) mass is 421 g/mol. The van der Waals surface area contributed by atoms with Crippen LogP contribution >= 0.6 is 55.1 Å². The highest BCUT2D eigenvalue weighted by Gasteiger charge is 2.09. The van der Waals surface area contributed by atoms with Crippen LogP contribution in [0.15, 0.2) is 45.3 Å². The van der Waals surface area contributed by atoms with Crippen molar-refractivity contribution in [3.05, 3.63) is 61.0 Å². The van der Waals surface area contributed by atoms with Crippen LogP contribution in [0.1, 0.15) is 10.4 Å². The van der Waals surface area contributed by atoms with Gasteiger partial charge in [-0.1, -0.05) is 39.1 Å². The molecule has 2 rings (SSSR count). The molecule has 19 heavy (non-hydrogen) atoms. The molecule has 0 atom stereocenters.